The Hall–Kier alpha value is -0.340. The quantitative estimate of drug-likeness (QED) is 0.585. The molecule has 12 heavy (non-hydrogen) atoms. The third kappa shape index (κ3) is 1.54. The zero-order chi connectivity index (χ0) is 9.35. The van der Waals surface area contributed by atoms with Crippen molar-refractivity contribution in [1.29, 1.82) is 0 Å². The Balaban J connectivity index is 2.72. The lowest BCUT2D eigenvalue weighted by molar-refractivity contribution is -0.0842. The van der Waals surface area contributed by atoms with Crippen molar-refractivity contribution in [3.8, 4) is 0 Å². The molecule has 2 nitrogen and oxygen atoms in total. The minimum Gasteiger partial charge on any atom is -0.390 e. The Bertz CT molecular complexity index is 188. The second kappa shape index (κ2) is 3.19. The van der Waals surface area contributed by atoms with E-state index >= 15 is 0 Å². The second-order valence-corrected chi connectivity index (χ2v) is 4.10. The van der Waals surface area contributed by atoms with Gasteiger partial charge < -0.3 is 10.2 Å². The maximum Gasteiger partial charge on any atom is 0.111 e. The van der Waals surface area contributed by atoms with Crippen LogP contribution in [0.1, 0.15) is 33.1 Å². The molecule has 0 radical (unpaired) electrons. The minimum atomic E-state index is -1.02. The fourth-order valence-corrected chi connectivity index (χ4v) is 1.82. The molecule has 1 rings (SSSR count). The van der Waals surface area contributed by atoms with E-state index in [2.05, 4.69) is 13.5 Å². The van der Waals surface area contributed by atoms with E-state index < -0.39 is 11.7 Å². The van der Waals surface area contributed by atoms with Gasteiger partial charge in [0.15, 0.2) is 0 Å². The number of hydrogen-bond donors (Lipinski definition) is 2. The maximum atomic E-state index is 9.99. The van der Waals surface area contributed by atoms with Crippen LogP contribution in [0.25, 0.3) is 0 Å². The lowest BCUT2D eigenvalue weighted by Gasteiger charge is -2.39. The van der Waals surface area contributed by atoms with Gasteiger partial charge in [0.2, 0.25) is 0 Å². The molecule has 1 aliphatic carbocycles. The molecule has 0 aromatic carbocycles. The summed E-state index contributed by atoms with van der Waals surface area (Å²) in [5.74, 6) is 0.514. The SMILES string of the molecule is C=C(C)[C@@]1(O)CC[C@@H](C)C[C@@H]1O. The first-order valence-corrected chi connectivity index (χ1v) is 4.53. The van der Waals surface area contributed by atoms with Crippen LogP contribution in [0.15, 0.2) is 12.2 Å². The van der Waals surface area contributed by atoms with Crippen molar-refractivity contribution < 1.29 is 10.2 Å². The predicted octanol–water partition coefficient (Wildman–Crippen LogP) is 1.47. The molecule has 0 aliphatic heterocycles. The van der Waals surface area contributed by atoms with Gasteiger partial charge in [-0.3, -0.25) is 0 Å². The van der Waals surface area contributed by atoms with Crippen molar-refractivity contribution in [3.63, 3.8) is 0 Å². The Morgan fingerprint density at radius 1 is 1.58 bits per heavy atom. The Kier molecular flexibility index (Phi) is 2.59. The van der Waals surface area contributed by atoms with E-state index in [9.17, 15) is 10.2 Å². The topological polar surface area (TPSA) is 40.5 Å². The van der Waals surface area contributed by atoms with Gasteiger partial charge in [0.1, 0.15) is 5.60 Å². The van der Waals surface area contributed by atoms with Crippen LogP contribution in [-0.2, 0) is 0 Å². The van der Waals surface area contributed by atoms with Crippen LogP contribution in [-0.4, -0.2) is 21.9 Å². The minimum absolute atomic E-state index is 0.514. The highest BCUT2D eigenvalue weighted by Crippen LogP contribution is 2.36. The molecule has 3 atom stereocenters. The maximum absolute atomic E-state index is 9.99. The summed E-state index contributed by atoms with van der Waals surface area (Å²) >= 11 is 0. The van der Waals surface area contributed by atoms with E-state index in [1.807, 2.05) is 0 Å². The molecule has 0 unspecified atom stereocenters. The molecule has 1 fully saturated rings. The van der Waals surface area contributed by atoms with Crippen LogP contribution in [0, 0.1) is 5.92 Å². The zero-order valence-electron chi connectivity index (χ0n) is 7.88. The van der Waals surface area contributed by atoms with Gasteiger partial charge in [-0.15, -0.1) is 0 Å². The molecule has 1 aliphatic rings. The molecule has 0 spiro atoms. The molecule has 70 valence electrons. The normalized spacial score (nSPS) is 42.7. The molecule has 0 amide bonds. The van der Waals surface area contributed by atoms with Crippen molar-refractivity contribution >= 4 is 0 Å². The van der Waals surface area contributed by atoms with Crippen molar-refractivity contribution in [1.82, 2.24) is 0 Å². The monoisotopic (exact) mass is 170 g/mol. The van der Waals surface area contributed by atoms with Gasteiger partial charge >= 0.3 is 0 Å². The molecule has 2 N–H and O–H groups in total. The fourth-order valence-electron chi connectivity index (χ4n) is 1.82. The lowest BCUT2D eigenvalue weighted by atomic mass is 9.74. The Labute approximate surface area is 73.9 Å². The summed E-state index contributed by atoms with van der Waals surface area (Å²) in [6.07, 6.45) is 1.67. The van der Waals surface area contributed by atoms with E-state index in [-0.39, 0.29) is 0 Å². The van der Waals surface area contributed by atoms with Crippen molar-refractivity contribution in [3.05, 3.63) is 12.2 Å². The van der Waals surface area contributed by atoms with Crippen molar-refractivity contribution in [2.24, 2.45) is 5.92 Å². The molecule has 0 aromatic heterocycles. The van der Waals surface area contributed by atoms with E-state index in [1.54, 1.807) is 6.92 Å². The molecule has 0 heterocycles. The molecule has 2 heteroatoms. The smallest absolute Gasteiger partial charge is 0.111 e. The van der Waals surface area contributed by atoms with Crippen LogP contribution in [0.3, 0.4) is 0 Å². The molecular weight excluding hydrogens is 152 g/mol. The summed E-state index contributed by atoms with van der Waals surface area (Å²) in [5.41, 5.74) is -0.339. The van der Waals surface area contributed by atoms with E-state index in [1.165, 1.54) is 0 Å². The highest BCUT2D eigenvalue weighted by Gasteiger charge is 2.40. The number of hydrogen-bond acceptors (Lipinski definition) is 2. The standard InChI is InChI=1S/C10H18O2/c1-7(2)10(12)5-4-8(3)6-9(10)11/h8-9,11-12H,1,4-6H2,2-3H3/t8-,9+,10+/m1/s1. The van der Waals surface area contributed by atoms with Crippen LogP contribution in [0.4, 0.5) is 0 Å². The van der Waals surface area contributed by atoms with E-state index in [4.69, 9.17) is 0 Å². The van der Waals surface area contributed by atoms with Crippen LogP contribution < -0.4 is 0 Å². The average molecular weight is 170 g/mol. The first kappa shape index (κ1) is 9.75. The van der Waals surface area contributed by atoms with Crippen molar-refractivity contribution in [2.75, 3.05) is 0 Å². The van der Waals surface area contributed by atoms with Gasteiger partial charge in [0.25, 0.3) is 0 Å². The first-order chi connectivity index (χ1) is 5.47. The lowest BCUT2D eigenvalue weighted by Crippen LogP contribution is -2.47. The summed E-state index contributed by atoms with van der Waals surface area (Å²) in [6.45, 7) is 7.59. The average Bonchev–Trinajstić information content (AvgIpc) is 1.97. The summed E-state index contributed by atoms with van der Waals surface area (Å²) < 4.78 is 0. The highest BCUT2D eigenvalue weighted by atomic mass is 16.3. The van der Waals surface area contributed by atoms with Crippen LogP contribution in [0.2, 0.25) is 0 Å². The van der Waals surface area contributed by atoms with Gasteiger partial charge in [0, 0.05) is 0 Å². The van der Waals surface area contributed by atoms with Gasteiger partial charge in [-0.25, -0.2) is 0 Å². The van der Waals surface area contributed by atoms with Gasteiger partial charge in [0.05, 0.1) is 6.10 Å². The summed E-state index contributed by atoms with van der Waals surface area (Å²) in [5, 5.41) is 19.6. The van der Waals surface area contributed by atoms with Gasteiger partial charge in [-0.1, -0.05) is 13.5 Å². The Morgan fingerprint density at radius 2 is 2.17 bits per heavy atom. The number of aliphatic hydroxyl groups is 2. The van der Waals surface area contributed by atoms with E-state index in [0.717, 1.165) is 6.42 Å². The fraction of sp³-hybridized carbons (Fsp3) is 0.800. The zero-order valence-corrected chi connectivity index (χ0v) is 7.88. The highest BCUT2D eigenvalue weighted by molar-refractivity contribution is 5.14. The summed E-state index contributed by atoms with van der Waals surface area (Å²) in [6, 6.07) is 0. The second-order valence-electron chi connectivity index (χ2n) is 4.10. The largest absolute Gasteiger partial charge is 0.390 e. The van der Waals surface area contributed by atoms with Gasteiger partial charge in [-0.05, 0) is 37.7 Å². The molecule has 0 bridgehead atoms. The predicted molar refractivity (Wildman–Crippen MR) is 48.8 cm³/mol. The summed E-state index contributed by atoms with van der Waals surface area (Å²) in [4.78, 5) is 0. The third-order valence-electron chi connectivity index (χ3n) is 2.93. The van der Waals surface area contributed by atoms with Gasteiger partial charge in [-0.2, -0.15) is 0 Å². The number of rotatable bonds is 1. The van der Waals surface area contributed by atoms with Crippen LogP contribution in [0.5, 0.6) is 0 Å². The third-order valence-corrected chi connectivity index (χ3v) is 2.93. The van der Waals surface area contributed by atoms with E-state index in [0.29, 0.717) is 24.3 Å². The molecular formula is C10H18O2. The van der Waals surface area contributed by atoms with Crippen LogP contribution >= 0.6 is 0 Å². The van der Waals surface area contributed by atoms with Crippen molar-refractivity contribution in [2.45, 2.75) is 44.8 Å². The number of aliphatic hydroxyl groups excluding tert-OH is 1. The molecule has 0 aromatic rings. The first-order valence-electron chi connectivity index (χ1n) is 4.53. The summed E-state index contributed by atoms with van der Waals surface area (Å²) in [7, 11) is 0. The Morgan fingerprint density at radius 3 is 2.58 bits per heavy atom. The molecule has 1 saturated carbocycles. The molecule has 0 saturated heterocycles.